The predicted molar refractivity (Wildman–Crippen MR) is 80.5 cm³/mol. The van der Waals surface area contributed by atoms with Crippen LogP contribution in [0.25, 0.3) is 0 Å². The van der Waals surface area contributed by atoms with Crippen LogP contribution in [0.3, 0.4) is 0 Å². The average Bonchev–Trinajstić information content (AvgIpc) is 2.86. The van der Waals surface area contributed by atoms with Gasteiger partial charge in [0, 0.05) is 23.2 Å². The van der Waals surface area contributed by atoms with Crippen molar-refractivity contribution >= 4 is 11.3 Å². The van der Waals surface area contributed by atoms with Crippen LogP contribution in [0, 0.1) is 6.92 Å². The van der Waals surface area contributed by atoms with Crippen molar-refractivity contribution in [3.8, 4) is 0 Å². The first-order chi connectivity index (χ1) is 9.22. The summed E-state index contributed by atoms with van der Waals surface area (Å²) in [5.74, 6) is 0.314. The summed E-state index contributed by atoms with van der Waals surface area (Å²) in [6.07, 6.45) is 2.98. The Hall–Kier alpha value is -1.26. The lowest BCUT2D eigenvalue weighted by Gasteiger charge is -2.23. The second-order valence-corrected chi connectivity index (χ2v) is 5.83. The normalized spacial score (nSPS) is 14.3. The summed E-state index contributed by atoms with van der Waals surface area (Å²) >= 11 is 1.71. The first kappa shape index (κ1) is 14.2. The third-order valence-electron chi connectivity index (χ3n) is 3.22. The number of aromatic nitrogens is 2. The molecule has 19 heavy (non-hydrogen) atoms. The lowest BCUT2D eigenvalue weighted by atomic mass is 9.95. The third kappa shape index (κ3) is 3.61. The second kappa shape index (κ2) is 6.78. The van der Waals surface area contributed by atoms with Crippen LogP contribution < -0.4 is 5.32 Å². The Labute approximate surface area is 119 Å². The molecule has 2 atom stereocenters. The van der Waals surface area contributed by atoms with Gasteiger partial charge in [-0.25, -0.2) is 4.98 Å². The molecule has 0 aromatic carbocycles. The maximum atomic E-state index is 4.64. The Morgan fingerprint density at radius 3 is 2.74 bits per heavy atom. The van der Waals surface area contributed by atoms with Crippen molar-refractivity contribution in [2.24, 2.45) is 0 Å². The number of hydrogen-bond donors (Lipinski definition) is 1. The molecular formula is C15H21N3S. The molecule has 0 aliphatic rings. The standard InChI is InChI=1S/C15H21N3S/c1-4-8-17-15(14-10-19-12(3)18-14)11(2)13-7-5-6-9-16-13/h5-7,9-11,15,17H,4,8H2,1-3H3. The van der Waals surface area contributed by atoms with Gasteiger partial charge in [-0.15, -0.1) is 11.3 Å². The highest BCUT2D eigenvalue weighted by molar-refractivity contribution is 7.09. The maximum Gasteiger partial charge on any atom is 0.0898 e. The summed E-state index contributed by atoms with van der Waals surface area (Å²) in [7, 11) is 0. The Morgan fingerprint density at radius 2 is 2.16 bits per heavy atom. The Balaban J connectivity index is 2.22. The van der Waals surface area contributed by atoms with Crippen LogP contribution in [-0.4, -0.2) is 16.5 Å². The maximum absolute atomic E-state index is 4.64. The minimum atomic E-state index is 0.236. The summed E-state index contributed by atoms with van der Waals surface area (Å²) in [5.41, 5.74) is 2.25. The minimum absolute atomic E-state index is 0.236. The molecule has 2 aromatic rings. The minimum Gasteiger partial charge on any atom is -0.308 e. The number of pyridine rings is 1. The molecule has 0 fully saturated rings. The zero-order chi connectivity index (χ0) is 13.7. The van der Waals surface area contributed by atoms with E-state index in [4.69, 9.17) is 0 Å². The van der Waals surface area contributed by atoms with Crippen LogP contribution in [0.1, 0.15) is 48.6 Å². The average molecular weight is 275 g/mol. The zero-order valence-corrected chi connectivity index (χ0v) is 12.6. The van der Waals surface area contributed by atoms with Gasteiger partial charge in [0.15, 0.2) is 0 Å². The smallest absolute Gasteiger partial charge is 0.0898 e. The predicted octanol–water partition coefficient (Wildman–Crippen LogP) is 3.69. The van der Waals surface area contributed by atoms with E-state index in [0.29, 0.717) is 5.92 Å². The molecule has 0 saturated heterocycles. The van der Waals surface area contributed by atoms with E-state index in [0.717, 1.165) is 29.4 Å². The molecule has 2 rings (SSSR count). The highest BCUT2D eigenvalue weighted by atomic mass is 32.1. The summed E-state index contributed by atoms with van der Waals surface area (Å²) in [4.78, 5) is 9.11. The van der Waals surface area contributed by atoms with Crippen LogP contribution in [0.15, 0.2) is 29.8 Å². The molecule has 0 bridgehead atoms. The van der Waals surface area contributed by atoms with Crippen LogP contribution in [-0.2, 0) is 0 Å². The van der Waals surface area contributed by atoms with E-state index in [-0.39, 0.29) is 6.04 Å². The molecule has 0 radical (unpaired) electrons. The molecule has 102 valence electrons. The second-order valence-electron chi connectivity index (χ2n) is 4.77. The Kier molecular flexibility index (Phi) is 5.05. The number of nitrogens with one attached hydrogen (secondary N) is 1. The molecule has 1 N–H and O–H groups in total. The first-order valence-corrected chi connectivity index (χ1v) is 7.66. The molecule has 2 unspecified atom stereocenters. The van der Waals surface area contributed by atoms with Gasteiger partial charge in [-0.1, -0.05) is 19.9 Å². The Bertz CT molecular complexity index is 495. The first-order valence-electron chi connectivity index (χ1n) is 6.78. The van der Waals surface area contributed by atoms with E-state index in [2.05, 4.69) is 47.5 Å². The molecule has 0 saturated carbocycles. The van der Waals surface area contributed by atoms with E-state index in [1.54, 1.807) is 11.3 Å². The molecule has 0 aliphatic carbocycles. The van der Waals surface area contributed by atoms with Crippen molar-refractivity contribution in [1.29, 1.82) is 0 Å². The fourth-order valence-corrected chi connectivity index (χ4v) is 2.83. The van der Waals surface area contributed by atoms with E-state index in [9.17, 15) is 0 Å². The monoisotopic (exact) mass is 275 g/mol. The highest BCUT2D eigenvalue weighted by Gasteiger charge is 2.23. The van der Waals surface area contributed by atoms with Crippen molar-refractivity contribution in [3.63, 3.8) is 0 Å². The zero-order valence-electron chi connectivity index (χ0n) is 11.8. The molecule has 2 heterocycles. The molecular weight excluding hydrogens is 254 g/mol. The van der Waals surface area contributed by atoms with Crippen molar-refractivity contribution in [1.82, 2.24) is 15.3 Å². The number of nitrogens with zero attached hydrogens (tertiary/aromatic N) is 2. The molecule has 0 amide bonds. The summed E-state index contributed by atoms with van der Waals surface area (Å²) < 4.78 is 0. The van der Waals surface area contributed by atoms with Gasteiger partial charge in [0.25, 0.3) is 0 Å². The lowest BCUT2D eigenvalue weighted by molar-refractivity contribution is 0.452. The van der Waals surface area contributed by atoms with Gasteiger partial charge in [0.1, 0.15) is 0 Å². The van der Waals surface area contributed by atoms with E-state index < -0.39 is 0 Å². The number of aryl methyl sites for hydroxylation is 1. The van der Waals surface area contributed by atoms with Crippen LogP contribution >= 0.6 is 11.3 Å². The fourth-order valence-electron chi connectivity index (χ4n) is 2.18. The van der Waals surface area contributed by atoms with Gasteiger partial charge in [-0.05, 0) is 32.0 Å². The van der Waals surface area contributed by atoms with Gasteiger partial charge in [0.05, 0.1) is 16.7 Å². The SMILES string of the molecule is CCCNC(c1csc(C)n1)C(C)c1ccccn1. The third-order valence-corrected chi connectivity index (χ3v) is 4.02. The van der Waals surface area contributed by atoms with Crippen molar-refractivity contribution in [2.45, 2.75) is 39.2 Å². The number of hydrogen-bond acceptors (Lipinski definition) is 4. The molecule has 3 nitrogen and oxygen atoms in total. The van der Waals surface area contributed by atoms with Crippen molar-refractivity contribution in [3.05, 3.63) is 46.2 Å². The molecule has 2 aromatic heterocycles. The number of rotatable bonds is 6. The fraction of sp³-hybridized carbons (Fsp3) is 0.467. The largest absolute Gasteiger partial charge is 0.308 e. The van der Waals surface area contributed by atoms with E-state index >= 15 is 0 Å². The quantitative estimate of drug-likeness (QED) is 0.873. The van der Waals surface area contributed by atoms with Crippen LogP contribution in [0.2, 0.25) is 0 Å². The van der Waals surface area contributed by atoms with Gasteiger partial charge >= 0.3 is 0 Å². The van der Waals surface area contributed by atoms with Gasteiger partial charge < -0.3 is 5.32 Å². The van der Waals surface area contributed by atoms with Gasteiger partial charge in [-0.3, -0.25) is 4.98 Å². The molecule has 4 heteroatoms. The highest BCUT2D eigenvalue weighted by Crippen LogP contribution is 2.30. The van der Waals surface area contributed by atoms with Crippen LogP contribution in [0.5, 0.6) is 0 Å². The molecule has 0 aliphatic heterocycles. The Morgan fingerprint density at radius 1 is 1.32 bits per heavy atom. The molecule has 0 spiro atoms. The van der Waals surface area contributed by atoms with E-state index in [1.807, 2.05) is 18.3 Å². The summed E-state index contributed by atoms with van der Waals surface area (Å²) in [6, 6.07) is 6.32. The number of thiazole rings is 1. The topological polar surface area (TPSA) is 37.8 Å². The summed E-state index contributed by atoms with van der Waals surface area (Å²) in [6.45, 7) is 7.45. The lowest BCUT2D eigenvalue weighted by Crippen LogP contribution is -2.27. The van der Waals surface area contributed by atoms with Gasteiger partial charge in [-0.2, -0.15) is 0 Å². The van der Waals surface area contributed by atoms with Crippen molar-refractivity contribution in [2.75, 3.05) is 6.54 Å². The van der Waals surface area contributed by atoms with E-state index in [1.165, 1.54) is 0 Å². The van der Waals surface area contributed by atoms with Crippen molar-refractivity contribution < 1.29 is 0 Å². The van der Waals surface area contributed by atoms with Gasteiger partial charge in [0.2, 0.25) is 0 Å². The summed E-state index contributed by atoms with van der Waals surface area (Å²) in [5, 5.41) is 6.87. The van der Waals surface area contributed by atoms with Crippen LogP contribution in [0.4, 0.5) is 0 Å².